The Hall–Kier alpha value is -2.86. The fraction of sp³-hybridized carbons (Fsp3) is 0.176. The number of carbonyl (C=O) groups excluding carboxylic acids is 1. The molecule has 0 saturated heterocycles. The van der Waals surface area contributed by atoms with Crippen LogP contribution in [0, 0.1) is 0 Å². The second-order valence-electron chi connectivity index (χ2n) is 5.18. The van der Waals surface area contributed by atoms with E-state index in [1.54, 1.807) is 30.9 Å². The molecule has 0 radical (unpaired) electrons. The van der Waals surface area contributed by atoms with E-state index in [0.29, 0.717) is 12.1 Å². The van der Waals surface area contributed by atoms with Crippen LogP contribution < -0.4 is 10.2 Å². The summed E-state index contributed by atoms with van der Waals surface area (Å²) in [6.07, 6.45) is 2.58. The van der Waals surface area contributed by atoms with Crippen molar-refractivity contribution in [1.82, 2.24) is 15.3 Å². The molecule has 2 aromatic carbocycles. The molecule has 0 unspecified atom stereocenters. The molecule has 6 heteroatoms. The van der Waals surface area contributed by atoms with Crippen LogP contribution in [0.1, 0.15) is 15.9 Å². The Balaban J connectivity index is 1.80. The maximum absolute atomic E-state index is 11.5. The summed E-state index contributed by atoms with van der Waals surface area (Å²) in [4.78, 5) is 11.5. The summed E-state index contributed by atoms with van der Waals surface area (Å²) in [6, 6.07) is 13.1. The van der Waals surface area contributed by atoms with Crippen LogP contribution in [0.5, 0.6) is 5.75 Å². The van der Waals surface area contributed by atoms with Gasteiger partial charge in [0.05, 0.1) is 18.8 Å². The van der Waals surface area contributed by atoms with Crippen molar-refractivity contribution >= 4 is 16.8 Å². The quantitative estimate of drug-likeness (QED) is 0.560. The first-order valence-corrected chi connectivity index (χ1v) is 7.24. The molecule has 0 aliphatic heterocycles. The van der Waals surface area contributed by atoms with Gasteiger partial charge in [0.25, 0.3) is 5.91 Å². The largest absolute Gasteiger partial charge is 0.497 e. The Bertz CT molecular complexity index is 825. The van der Waals surface area contributed by atoms with E-state index in [-0.39, 0.29) is 0 Å². The predicted octanol–water partition coefficient (Wildman–Crippen LogP) is 2.41. The number of nitrogens with one attached hydrogen (secondary N) is 1. The van der Waals surface area contributed by atoms with Crippen LogP contribution in [-0.2, 0) is 13.0 Å². The maximum Gasteiger partial charge on any atom is 0.274 e. The summed E-state index contributed by atoms with van der Waals surface area (Å²) in [5, 5.41) is 14.1. The van der Waals surface area contributed by atoms with Crippen molar-refractivity contribution in [3.63, 3.8) is 0 Å². The molecule has 0 saturated carbocycles. The molecule has 0 fully saturated rings. The van der Waals surface area contributed by atoms with Crippen molar-refractivity contribution < 1.29 is 14.7 Å². The zero-order valence-electron chi connectivity index (χ0n) is 12.7. The van der Waals surface area contributed by atoms with Gasteiger partial charge in [0.15, 0.2) is 0 Å². The molecule has 0 aliphatic carbocycles. The topological polar surface area (TPSA) is 76.4 Å². The van der Waals surface area contributed by atoms with Gasteiger partial charge in [-0.25, -0.2) is 5.48 Å². The summed E-state index contributed by atoms with van der Waals surface area (Å²) in [5.41, 5.74) is 4.08. The molecule has 2 N–H and O–H groups in total. The van der Waals surface area contributed by atoms with Gasteiger partial charge in [-0.1, -0.05) is 18.2 Å². The normalized spacial score (nSPS) is 10.7. The number of aromatic nitrogens is 2. The number of hydroxylamine groups is 1. The second kappa shape index (κ2) is 6.50. The minimum Gasteiger partial charge on any atom is -0.497 e. The number of nitrogens with zero attached hydrogens (tertiary/aromatic N) is 2. The van der Waals surface area contributed by atoms with Crippen LogP contribution in [-0.4, -0.2) is 28.0 Å². The highest BCUT2D eigenvalue weighted by Gasteiger charge is 2.08. The monoisotopic (exact) mass is 311 g/mol. The molecule has 1 aromatic heterocycles. The van der Waals surface area contributed by atoms with Gasteiger partial charge in [0.2, 0.25) is 0 Å². The van der Waals surface area contributed by atoms with Crippen molar-refractivity contribution in [1.29, 1.82) is 0 Å². The molecular formula is C17H17N3O3. The van der Waals surface area contributed by atoms with Gasteiger partial charge >= 0.3 is 0 Å². The molecule has 23 heavy (non-hydrogen) atoms. The van der Waals surface area contributed by atoms with Gasteiger partial charge in [-0.15, -0.1) is 0 Å². The van der Waals surface area contributed by atoms with E-state index < -0.39 is 5.91 Å². The van der Waals surface area contributed by atoms with Gasteiger partial charge in [-0.3, -0.25) is 14.7 Å². The fourth-order valence-electron chi connectivity index (χ4n) is 2.48. The standard InChI is InChI=1S/C17H17N3O3/c1-23-15-6-2-12(3-7-15)8-9-20-16-10-13(17(21)19-22)4-5-14(16)11-18-20/h2-7,10-11,22H,8-9H2,1H3,(H,19,21). The van der Waals surface area contributed by atoms with Crippen LogP contribution in [0.15, 0.2) is 48.7 Å². The molecule has 3 aromatic rings. The number of methoxy groups -OCH3 is 1. The number of hydrogen-bond acceptors (Lipinski definition) is 4. The highest BCUT2D eigenvalue weighted by Crippen LogP contribution is 2.17. The number of aryl methyl sites for hydroxylation is 2. The zero-order chi connectivity index (χ0) is 16.2. The number of rotatable bonds is 5. The summed E-state index contributed by atoms with van der Waals surface area (Å²) >= 11 is 0. The van der Waals surface area contributed by atoms with Crippen LogP contribution in [0.3, 0.4) is 0 Å². The highest BCUT2D eigenvalue weighted by atomic mass is 16.5. The maximum atomic E-state index is 11.5. The minimum atomic E-state index is -0.533. The average Bonchev–Trinajstić information content (AvgIpc) is 3.02. The number of fused-ring (bicyclic) bond motifs is 1. The van der Waals surface area contributed by atoms with Crippen LogP contribution in [0.2, 0.25) is 0 Å². The Morgan fingerprint density at radius 1 is 1.26 bits per heavy atom. The molecule has 0 bridgehead atoms. The van der Waals surface area contributed by atoms with Gasteiger partial charge in [-0.05, 0) is 36.2 Å². The molecule has 1 heterocycles. The summed E-state index contributed by atoms with van der Waals surface area (Å²) < 4.78 is 7.00. The second-order valence-corrected chi connectivity index (χ2v) is 5.18. The Morgan fingerprint density at radius 3 is 2.74 bits per heavy atom. The molecular weight excluding hydrogens is 294 g/mol. The molecule has 1 amide bonds. The molecule has 0 aliphatic rings. The zero-order valence-corrected chi connectivity index (χ0v) is 12.7. The van der Waals surface area contributed by atoms with E-state index in [1.165, 1.54) is 5.56 Å². The van der Waals surface area contributed by atoms with Gasteiger partial charge in [0, 0.05) is 17.5 Å². The fourth-order valence-corrected chi connectivity index (χ4v) is 2.48. The lowest BCUT2D eigenvalue weighted by atomic mass is 10.1. The Kier molecular flexibility index (Phi) is 4.25. The number of amides is 1. The van der Waals surface area contributed by atoms with Crippen molar-refractivity contribution in [3.8, 4) is 5.75 Å². The lowest BCUT2D eigenvalue weighted by Crippen LogP contribution is -2.18. The number of benzene rings is 2. The Labute approximate surface area is 133 Å². The first kappa shape index (κ1) is 15.1. The SMILES string of the molecule is COc1ccc(CCn2ncc3ccc(C(=O)NO)cc32)cc1. The van der Waals surface area contributed by atoms with Gasteiger partial charge in [-0.2, -0.15) is 5.10 Å². The van der Waals surface area contributed by atoms with Crippen LogP contribution in [0.4, 0.5) is 0 Å². The number of carbonyl (C=O) groups is 1. The Morgan fingerprint density at radius 2 is 2.04 bits per heavy atom. The van der Waals surface area contributed by atoms with E-state index in [2.05, 4.69) is 5.10 Å². The third-order valence-electron chi connectivity index (χ3n) is 3.78. The molecule has 3 rings (SSSR count). The van der Waals surface area contributed by atoms with Crippen LogP contribution >= 0.6 is 0 Å². The van der Waals surface area contributed by atoms with E-state index in [4.69, 9.17) is 9.94 Å². The smallest absolute Gasteiger partial charge is 0.274 e. The highest BCUT2D eigenvalue weighted by molar-refractivity contribution is 5.97. The summed E-state index contributed by atoms with van der Waals surface area (Å²) in [7, 11) is 1.64. The first-order chi connectivity index (χ1) is 11.2. The molecule has 0 atom stereocenters. The lowest BCUT2D eigenvalue weighted by Gasteiger charge is -2.06. The minimum absolute atomic E-state index is 0.395. The third kappa shape index (κ3) is 3.17. The van der Waals surface area contributed by atoms with Crippen molar-refractivity contribution in [2.75, 3.05) is 7.11 Å². The summed E-state index contributed by atoms with van der Waals surface area (Å²) in [5.74, 6) is 0.299. The lowest BCUT2D eigenvalue weighted by molar-refractivity contribution is 0.0706. The molecule has 0 spiro atoms. The average molecular weight is 311 g/mol. The van der Waals surface area contributed by atoms with E-state index >= 15 is 0 Å². The van der Waals surface area contributed by atoms with E-state index in [1.807, 2.05) is 35.0 Å². The molecule has 6 nitrogen and oxygen atoms in total. The van der Waals surface area contributed by atoms with E-state index in [0.717, 1.165) is 23.1 Å². The van der Waals surface area contributed by atoms with Crippen LogP contribution in [0.25, 0.3) is 10.9 Å². The predicted molar refractivity (Wildman–Crippen MR) is 85.7 cm³/mol. The van der Waals surface area contributed by atoms with E-state index in [9.17, 15) is 4.79 Å². The van der Waals surface area contributed by atoms with Gasteiger partial charge in [0.1, 0.15) is 5.75 Å². The van der Waals surface area contributed by atoms with Crippen molar-refractivity contribution in [3.05, 3.63) is 59.8 Å². The van der Waals surface area contributed by atoms with Crippen molar-refractivity contribution in [2.45, 2.75) is 13.0 Å². The third-order valence-corrected chi connectivity index (χ3v) is 3.78. The number of ether oxygens (including phenoxy) is 1. The van der Waals surface area contributed by atoms with Gasteiger partial charge < -0.3 is 4.74 Å². The number of hydrogen-bond donors (Lipinski definition) is 2. The van der Waals surface area contributed by atoms with Crippen molar-refractivity contribution in [2.24, 2.45) is 0 Å². The summed E-state index contributed by atoms with van der Waals surface area (Å²) in [6.45, 7) is 0.694. The molecule has 118 valence electrons. The first-order valence-electron chi connectivity index (χ1n) is 7.24.